The second-order valence-corrected chi connectivity index (χ2v) is 6.22. The predicted molar refractivity (Wildman–Crippen MR) is 95.7 cm³/mol. The van der Waals surface area contributed by atoms with E-state index in [4.69, 9.17) is 21.1 Å². The molecule has 0 aromatic heterocycles. The molecule has 1 heterocycles. The third-order valence-electron chi connectivity index (χ3n) is 4.04. The molecular weight excluding hydrogens is 358 g/mol. The summed E-state index contributed by atoms with van der Waals surface area (Å²) in [6.45, 7) is 1.01. The van der Waals surface area contributed by atoms with E-state index in [2.05, 4.69) is 5.32 Å². The highest BCUT2D eigenvalue weighted by Crippen LogP contribution is 2.32. The van der Waals surface area contributed by atoms with Crippen molar-refractivity contribution < 1.29 is 23.9 Å². The summed E-state index contributed by atoms with van der Waals surface area (Å²) in [5, 5.41) is 3.12. The average Bonchev–Trinajstić information content (AvgIpc) is 2.92. The molecule has 0 bridgehead atoms. The number of amides is 1. The summed E-state index contributed by atoms with van der Waals surface area (Å²) in [5.74, 6) is -1.09. The number of nitrogens with one attached hydrogen (secondary N) is 1. The van der Waals surface area contributed by atoms with Crippen LogP contribution in [0.5, 0.6) is 5.75 Å². The number of carbonyl (C=O) groups excluding carboxylic acids is 3. The molecule has 0 unspecified atom stereocenters. The van der Waals surface area contributed by atoms with Gasteiger partial charge in [0.1, 0.15) is 5.75 Å². The third kappa shape index (κ3) is 3.86. The Morgan fingerprint density at radius 3 is 2.69 bits per heavy atom. The van der Waals surface area contributed by atoms with E-state index < -0.39 is 12.6 Å². The van der Waals surface area contributed by atoms with Crippen LogP contribution in [-0.4, -0.2) is 30.9 Å². The molecular formula is C19H16ClNO5. The number of Topliss-reactive ketones (excluding diaryl/α,β-unsaturated/α-hetero) is 1. The van der Waals surface area contributed by atoms with E-state index in [1.807, 2.05) is 0 Å². The van der Waals surface area contributed by atoms with Crippen LogP contribution in [0.3, 0.4) is 0 Å². The second kappa shape index (κ2) is 7.58. The monoisotopic (exact) mass is 373 g/mol. The zero-order valence-corrected chi connectivity index (χ0v) is 14.7. The zero-order chi connectivity index (χ0) is 18.7. The number of benzene rings is 2. The molecule has 2 aromatic carbocycles. The maximum absolute atomic E-state index is 12.2. The molecule has 0 radical (unpaired) electrons. The Morgan fingerprint density at radius 1 is 1.15 bits per heavy atom. The van der Waals surface area contributed by atoms with Crippen molar-refractivity contribution in [3.05, 3.63) is 58.6 Å². The minimum Gasteiger partial charge on any atom is -0.480 e. The summed E-state index contributed by atoms with van der Waals surface area (Å²) in [4.78, 5) is 35.6. The molecule has 1 aliphatic rings. The molecule has 0 fully saturated rings. The minimum atomic E-state index is -0.676. The zero-order valence-electron chi connectivity index (χ0n) is 14.0. The highest BCUT2D eigenvalue weighted by Gasteiger charge is 2.27. The number of halogens is 1. The van der Waals surface area contributed by atoms with Gasteiger partial charge in [-0.2, -0.15) is 0 Å². The van der Waals surface area contributed by atoms with Gasteiger partial charge in [0.15, 0.2) is 19.0 Å². The van der Waals surface area contributed by atoms with Crippen molar-refractivity contribution in [3.63, 3.8) is 0 Å². The Bertz CT molecular complexity index is 880. The van der Waals surface area contributed by atoms with E-state index >= 15 is 0 Å². The summed E-state index contributed by atoms with van der Waals surface area (Å²) in [7, 11) is 0. The topological polar surface area (TPSA) is 81.7 Å². The number of ketones is 1. The van der Waals surface area contributed by atoms with Gasteiger partial charge in [-0.05, 0) is 42.8 Å². The minimum absolute atomic E-state index is 0.104. The van der Waals surface area contributed by atoms with Gasteiger partial charge in [0.2, 0.25) is 5.91 Å². The Kier molecular flexibility index (Phi) is 5.23. The lowest BCUT2D eigenvalue weighted by Gasteiger charge is -2.08. The summed E-state index contributed by atoms with van der Waals surface area (Å²) in [5.41, 5.74) is 1.84. The predicted octanol–water partition coefficient (Wildman–Crippen LogP) is 3.20. The maximum atomic E-state index is 12.2. The largest absolute Gasteiger partial charge is 0.480 e. The van der Waals surface area contributed by atoms with Gasteiger partial charge in [0.25, 0.3) is 0 Å². The molecule has 0 saturated carbocycles. The summed E-state index contributed by atoms with van der Waals surface area (Å²) in [6, 6.07) is 11.6. The quantitative estimate of drug-likeness (QED) is 0.621. The molecule has 3 rings (SSSR count). The van der Waals surface area contributed by atoms with E-state index in [1.165, 1.54) is 0 Å². The standard InChI is InChI=1S/C19H16ClNO5/c1-11-13-8-12(6-7-15(13)21-19(11)24)16(22)9-26-18(23)10-25-17-5-3-2-4-14(17)20/h2-8,11H,9-10H2,1H3,(H,21,24)/t11-/m1/s1. The first-order valence-electron chi connectivity index (χ1n) is 7.96. The lowest BCUT2D eigenvalue weighted by Crippen LogP contribution is -2.19. The van der Waals surface area contributed by atoms with Crippen molar-refractivity contribution in [3.8, 4) is 5.75 Å². The Labute approximate surface area is 155 Å². The van der Waals surface area contributed by atoms with Gasteiger partial charge in [-0.3, -0.25) is 9.59 Å². The number of hydrogen-bond donors (Lipinski definition) is 1. The lowest BCUT2D eigenvalue weighted by atomic mass is 9.99. The SMILES string of the molecule is C[C@H]1C(=O)Nc2ccc(C(=O)COC(=O)COc3ccccc3Cl)cc21. The number of fused-ring (bicyclic) bond motifs is 1. The highest BCUT2D eigenvalue weighted by molar-refractivity contribution is 6.32. The molecule has 1 atom stereocenters. The van der Waals surface area contributed by atoms with Gasteiger partial charge in [-0.25, -0.2) is 4.79 Å². The van der Waals surface area contributed by atoms with Crippen LogP contribution in [0.2, 0.25) is 5.02 Å². The molecule has 1 aliphatic heterocycles. The van der Waals surface area contributed by atoms with Crippen LogP contribution < -0.4 is 10.1 Å². The number of carbonyl (C=O) groups is 3. The summed E-state index contributed by atoms with van der Waals surface area (Å²) < 4.78 is 10.2. The second-order valence-electron chi connectivity index (χ2n) is 5.82. The first-order valence-corrected chi connectivity index (χ1v) is 8.34. The number of ether oxygens (including phenoxy) is 2. The van der Waals surface area contributed by atoms with E-state index in [0.717, 1.165) is 5.56 Å². The molecule has 134 valence electrons. The third-order valence-corrected chi connectivity index (χ3v) is 4.35. The molecule has 7 heteroatoms. The van der Waals surface area contributed by atoms with E-state index in [-0.39, 0.29) is 24.2 Å². The molecule has 0 spiro atoms. The van der Waals surface area contributed by atoms with Crippen molar-refractivity contribution in [1.29, 1.82) is 0 Å². The van der Waals surface area contributed by atoms with Crippen LogP contribution in [-0.2, 0) is 14.3 Å². The first kappa shape index (κ1) is 17.9. The van der Waals surface area contributed by atoms with Crippen LogP contribution in [0, 0.1) is 0 Å². The molecule has 0 aliphatic carbocycles. The van der Waals surface area contributed by atoms with Crippen LogP contribution in [0.4, 0.5) is 5.69 Å². The molecule has 0 saturated heterocycles. The van der Waals surface area contributed by atoms with Gasteiger partial charge < -0.3 is 14.8 Å². The fraction of sp³-hybridized carbons (Fsp3) is 0.211. The number of anilines is 1. The molecule has 6 nitrogen and oxygen atoms in total. The first-order chi connectivity index (χ1) is 12.5. The maximum Gasteiger partial charge on any atom is 0.344 e. The molecule has 2 aromatic rings. The lowest BCUT2D eigenvalue weighted by molar-refractivity contribution is -0.144. The number of para-hydroxylation sites is 1. The Hall–Kier alpha value is -2.86. The Morgan fingerprint density at radius 2 is 1.92 bits per heavy atom. The average molecular weight is 374 g/mol. The summed E-state index contributed by atoms with van der Waals surface area (Å²) in [6.07, 6.45) is 0. The van der Waals surface area contributed by atoms with Crippen molar-refractivity contribution in [1.82, 2.24) is 0 Å². The van der Waals surface area contributed by atoms with Crippen molar-refractivity contribution >= 4 is 34.9 Å². The van der Waals surface area contributed by atoms with Crippen molar-refractivity contribution in [2.45, 2.75) is 12.8 Å². The van der Waals surface area contributed by atoms with E-state index in [1.54, 1.807) is 49.4 Å². The van der Waals surface area contributed by atoms with E-state index in [0.29, 0.717) is 22.0 Å². The van der Waals surface area contributed by atoms with Gasteiger partial charge in [-0.1, -0.05) is 23.7 Å². The fourth-order valence-electron chi connectivity index (χ4n) is 2.56. The van der Waals surface area contributed by atoms with Crippen LogP contribution >= 0.6 is 11.6 Å². The number of rotatable bonds is 6. The van der Waals surface area contributed by atoms with Crippen LogP contribution in [0.1, 0.15) is 28.8 Å². The van der Waals surface area contributed by atoms with Crippen LogP contribution in [0.15, 0.2) is 42.5 Å². The van der Waals surface area contributed by atoms with Gasteiger partial charge in [0, 0.05) is 11.3 Å². The normalized spacial score (nSPS) is 15.2. The molecule has 26 heavy (non-hydrogen) atoms. The summed E-state index contributed by atoms with van der Waals surface area (Å²) >= 11 is 5.92. The fourth-order valence-corrected chi connectivity index (χ4v) is 2.75. The highest BCUT2D eigenvalue weighted by atomic mass is 35.5. The smallest absolute Gasteiger partial charge is 0.344 e. The van der Waals surface area contributed by atoms with Crippen molar-refractivity contribution in [2.24, 2.45) is 0 Å². The Balaban J connectivity index is 1.54. The van der Waals surface area contributed by atoms with Gasteiger partial charge in [0.05, 0.1) is 10.9 Å². The van der Waals surface area contributed by atoms with Crippen LogP contribution in [0.25, 0.3) is 0 Å². The number of esters is 1. The molecule has 1 amide bonds. The van der Waals surface area contributed by atoms with Gasteiger partial charge in [-0.15, -0.1) is 0 Å². The van der Waals surface area contributed by atoms with E-state index in [9.17, 15) is 14.4 Å². The van der Waals surface area contributed by atoms with Gasteiger partial charge >= 0.3 is 5.97 Å². The molecule has 1 N–H and O–H groups in total. The van der Waals surface area contributed by atoms with Crippen molar-refractivity contribution in [2.75, 3.05) is 18.5 Å². The number of hydrogen-bond acceptors (Lipinski definition) is 5.